The molecule has 1 aliphatic heterocycles. The highest BCUT2D eigenvalue weighted by Gasteiger charge is 2.23. The van der Waals surface area contributed by atoms with E-state index in [1.165, 1.54) is 0 Å². The monoisotopic (exact) mass is 216 g/mol. The topological polar surface area (TPSA) is 41.1 Å². The number of nitrogens with one attached hydrogen (secondary N) is 2. The molecule has 0 aliphatic carbocycles. The third kappa shape index (κ3) is 3.50. The maximum absolute atomic E-state index is 11.7. The summed E-state index contributed by atoms with van der Waals surface area (Å²) in [6.45, 7) is 3.10. The van der Waals surface area contributed by atoms with E-state index in [0.29, 0.717) is 6.04 Å². The molecule has 1 amide bonds. The first-order valence-electron chi connectivity index (χ1n) is 5.30. The Morgan fingerprint density at radius 2 is 2.50 bits per heavy atom. The van der Waals surface area contributed by atoms with Crippen LogP contribution in [0.3, 0.4) is 0 Å². The molecule has 0 saturated carbocycles. The van der Waals surface area contributed by atoms with Crippen LogP contribution in [0.2, 0.25) is 0 Å². The molecule has 1 aliphatic rings. The van der Waals surface area contributed by atoms with Gasteiger partial charge in [0.1, 0.15) is 0 Å². The van der Waals surface area contributed by atoms with Gasteiger partial charge in [0.05, 0.1) is 6.04 Å². The van der Waals surface area contributed by atoms with Gasteiger partial charge in [-0.25, -0.2) is 0 Å². The van der Waals surface area contributed by atoms with E-state index in [-0.39, 0.29) is 11.9 Å². The molecule has 82 valence electrons. The van der Waals surface area contributed by atoms with Gasteiger partial charge >= 0.3 is 0 Å². The van der Waals surface area contributed by atoms with Crippen molar-refractivity contribution in [3.8, 4) is 0 Å². The number of carbonyl (C=O) groups excluding carboxylic acids is 1. The molecule has 0 spiro atoms. The van der Waals surface area contributed by atoms with Gasteiger partial charge in [-0.15, -0.1) is 0 Å². The SMILES string of the molecule is CCC(CSC)NC(=O)[C@@H]1CCCN1. The molecule has 1 heterocycles. The molecule has 3 nitrogen and oxygen atoms in total. The average molecular weight is 216 g/mol. The van der Waals surface area contributed by atoms with Gasteiger partial charge in [-0.3, -0.25) is 4.79 Å². The summed E-state index contributed by atoms with van der Waals surface area (Å²) in [5.41, 5.74) is 0. The van der Waals surface area contributed by atoms with Crippen LogP contribution in [-0.2, 0) is 4.79 Å². The van der Waals surface area contributed by atoms with Crippen LogP contribution in [0, 0.1) is 0 Å². The summed E-state index contributed by atoms with van der Waals surface area (Å²) in [5, 5.41) is 6.30. The molecular weight excluding hydrogens is 196 g/mol. The predicted octanol–water partition coefficient (Wildman–Crippen LogP) is 0.996. The van der Waals surface area contributed by atoms with Crippen molar-refractivity contribution in [2.45, 2.75) is 38.3 Å². The van der Waals surface area contributed by atoms with Gasteiger partial charge in [-0.1, -0.05) is 6.92 Å². The van der Waals surface area contributed by atoms with Crippen molar-refractivity contribution in [1.82, 2.24) is 10.6 Å². The first-order chi connectivity index (χ1) is 6.77. The minimum Gasteiger partial charge on any atom is -0.351 e. The van der Waals surface area contributed by atoms with Gasteiger partial charge in [0, 0.05) is 11.8 Å². The first kappa shape index (κ1) is 11.9. The van der Waals surface area contributed by atoms with Gasteiger partial charge in [0.25, 0.3) is 0 Å². The molecule has 4 heteroatoms. The number of thioether (sulfide) groups is 1. The molecule has 0 aromatic carbocycles. The molecule has 0 bridgehead atoms. The third-order valence-corrected chi connectivity index (χ3v) is 3.32. The lowest BCUT2D eigenvalue weighted by Gasteiger charge is -2.18. The lowest BCUT2D eigenvalue weighted by atomic mass is 10.2. The second kappa shape index (κ2) is 6.30. The highest BCUT2D eigenvalue weighted by atomic mass is 32.2. The lowest BCUT2D eigenvalue weighted by molar-refractivity contribution is -0.123. The maximum atomic E-state index is 11.7. The third-order valence-electron chi connectivity index (χ3n) is 2.58. The van der Waals surface area contributed by atoms with E-state index < -0.39 is 0 Å². The molecule has 2 atom stereocenters. The van der Waals surface area contributed by atoms with E-state index in [0.717, 1.165) is 31.6 Å². The molecule has 1 saturated heterocycles. The van der Waals surface area contributed by atoms with Crippen LogP contribution in [-0.4, -0.2) is 36.5 Å². The van der Waals surface area contributed by atoms with Crippen molar-refractivity contribution in [2.24, 2.45) is 0 Å². The Bertz CT molecular complexity index is 181. The molecule has 0 aromatic heterocycles. The number of hydrogen-bond acceptors (Lipinski definition) is 3. The molecule has 0 radical (unpaired) electrons. The lowest BCUT2D eigenvalue weighted by Crippen LogP contribution is -2.45. The van der Waals surface area contributed by atoms with Crippen molar-refractivity contribution < 1.29 is 4.79 Å². The van der Waals surface area contributed by atoms with Gasteiger partial charge in [0.15, 0.2) is 0 Å². The van der Waals surface area contributed by atoms with Crippen LogP contribution in [0.5, 0.6) is 0 Å². The van der Waals surface area contributed by atoms with Crippen LogP contribution < -0.4 is 10.6 Å². The zero-order chi connectivity index (χ0) is 10.4. The van der Waals surface area contributed by atoms with Gasteiger partial charge in [0.2, 0.25) is 5.91 Å². The molecule has 1 fully saturated rings. The van der Waals surface area contributed by atoms with Crippen molar-refractivity contribution in [3.05, 3.63) is 0 Å². The number of rotatable bonds is 5. The Morgan fingerprint density at radius 3 is 3.00 bits per heavy atom. The second-order valence-corrected chi connectivity index (χ2v) is 4.63. The Balaban J connectivity index is 2.29. The maximum Gasteiger partial charge on any atom is 0.237 e. The fourth-order valence-electron chi connectivity index (χ4n) is 1.67. The van der Waals surface area contributed by atoms with E-state index >= 15 is 0 Å². The number of carbonyl (C=O) groups is 1. The molecule has 1 unspecified atom stereocenters. The Morgan fingerprint density at radius 1 is 1.71 bits per heavy atom. The van der Waals surface area contributed by atoms with Crippen LogP contribution in [0.25, 0.3) is 0 Å². The van der Waals surface area contributed by atoms with E-state index in [9.17, 15) is 4.79 Å². The first-order valence-corrected chi connectivity index (χ1v) is 6.70. The Labute approximate surface area is 90.4 Å². The second-order valence-electron chi connectivity index (χ2n) is 3.72. The summed E-state index contributed by atoms with van der Waals surface area (Å²) in [7, 11) is 0. The Hall–Kier alpha value is -0.220. The van der Waals surface area contributed by atoms with Crippen LogP contribution >= 0.6 is 11.8 Å². The summed E-state index contributed by atoms with van der Waals surface area (Å²) in [4.78, 5) is 11.7. The van der Waals surface area contributed by atoms with Crippen LogP contribution in [0.4, 0.5) is 0 Å². The van der Waals surface area contributed by atoms with E-state index in [2.05, 4.69) is 23.8 Å². The minimum absolute atomic E-state index is 0.0610. The summed E-state index contributed by atoms with van der Waals surface area (Å²) in [6, 6.07) is 0.394. The summed E-state index contributed by atoms with van der Waals surface area (Å²) < 4.78 is 0. The van der Waals surface area contributed by atoms with Crippen molar-refractivity contribution in [1.29, 1.82) is 0 Å². The molecular formula is C10H20N2OS. The highest BCUT2D eigenvalue weighted by molar-refractivity contribution is 7.98. The minimum atomic E-state index is 0.0610. The summed E-state index contributed by atoms with van der Waals surface area (Å²) in [6.07, 6.45) is 5.20. The van der Waals surface area contributed by atoms with Crippen molar-refractivity contribution in [2.75, 3.05) is 18.6 Å². The van der Waals surface area contributed by atoms with Gasteiger partial charge in [-0.05, 0) is 32.1 Å². The van der Waals surface area contributed by atoms with E-state index in [4.69, 9.17) is 0 Å². The van der Waals surface area contributed by atoms with E-state index in [1.807, 2.05) is 0 Å². The van der Waals surface area contributed by atoms with Crippen molar-refractivity contribution >= 4 is 17.7 Å². The normalized spacial score (nSPS) is 23.4. The number of amides is 1. The molecule has 0 aromatic rings. The fourth-order valence-corrected chi connectivity index (χ4v) is 2.39. The molecule has 2 N–H and O–H groups in total. The average Bonchev–Trinajstić information content (AvgIpc) is 2.69. The van der Waals surface area contributed by atoms with Crippen LogP contribution in [0.15, 0.2) is 0 Å². The predicted molar refractivity (Wildman–Crippen MR) is 61.6 cm³/mol. The standard InChI is InChI=1S/C10H20N2OS/c1-3-8(7-14-2)12-10(13)9-5-4-6-11-9/h8-9,11H,3-7H2,1-2H3,(H,12,13)/t8?,9-/m0/s1. The Kier molecular flexibility index (Phi) is 5.33. The van der Waals surface area contributed by atoms with E-state index in [1.54, 1.807) is 11.8 Å². The number of hydrogen-bond donors (Lipinski definition) is 2. The molecule has 14 heavy (non-hydrogen) atoms. The molecule has 1 rings (SSSR count). The summed E-state index contributed by atoms with van der Waals surface area (Å²) >= 11 is 1.78. The van der Waals surface area contributed by atoms with Gasteiger partial charge < -0.3 is 10.6 Å². The quantitative estimate of drug-likeness (QED) is 0.720. The largest absolute Gasteiger partial charge is 0.351 e. The van der Waals surface area contributed by atoms with Crippen molar-refractivity contribution in [3.63, 3.8) is 0 Å². The highest BCUT2D eigenvalue weighted by Crippen LogP contribution is 2.07. The fraction of sp³-hybridized carbons (Fsp3) is 0.900. The smallest absolute Gasteiger partial charge is 0.237 e. The summed E-state index contributed by atoms with van der Waals surface area (Å²) in [5.74, 6) is 1.19. The zero-order valence-electron chi connectivity index (χ0n) is 9.01. The van der Waals surface area contributed by atoms with Crippen LogP contribution in [0.1, 0.15) is 26.2 Å². The zero-order valence-corrected chi connectivity index (χ0v) is 9.82. The van der Waals surface area contributed by atoms with Gasteiger partial charge in [-0.2, -0.15) is 11.8 Å².